The van der Waals surface area contributed by atoms with Crippen LogP contribution in [0, 0.1) is 6.92 Å². The summed E-state index contributed by atoms with van der Waals surface area (Å²) < 4.78 is 0. The molecule has 1 aliphatic rings. The molecule has 92 valence electrons. The first kappa shape index (κ1) is 12.2. The van der Waals surface area contributed by atoms with Crippen LogP contribution in [0.4, 0.5) is 5.69 Å². The summed E-state index contributed by atoms with van der Waals surface area (Å²) in [6, 6.07) is 6.44. The van der Waals surface area contributed by atoms with Crippen molar-refractivity contribution in [3.63, 3.8) is 0 Å². The fourth-order valence-electron chi connectivity index (χ4n) is 2.39. The maximum absolute atomic E-state index is 4.59. The molecule has 0 bridgehead atoms. The second kappa shape index (κ2) is 5.85. The van der Waals surface area contributed by atoms with Crippen LogP contribution in [0.5, 0.6) is 0 Å². The third-order valence-corrected chi connectivity index (χ3v) is 3.50. The molecule has 17 heavy (non-hydrogen) atoms. The summed E-state index contributed by atoms with van der Waals surface area (Å²) in [5.74, 6) is 0. The van der Waals surface area contributed by atoms with E-state index in [0.29, 0.717) is 0 Å². The number of aryl methyl sites for hydroxylation is 2. The molecular formula is C15H22N2. The molecule has 0 heterocycles. The van der Waals surface area contributed by atoms with Gasteiger partial charge in [-0.1, -0.05) is 31.5 Å². The molecule has 0 spiro atoms. The number of hydrogen-bond donors (Lipinski definition) is 1. The molecule has 0 aliphatic heterocycles. The van der Waals surface area contributed by atoms with Gasteiger partial charge in [0, 0.05) is 5.71 Å². The molecule has 1 aliphatic carbocycles. The highest BCUT2D eigenvalue weighted by Gasteiger charge is 2.07. The molecular weight excluding hydrogens is 208 g/mol. The van der Waals surface area contributed by atoms with Crippen molar-refractivity contribution in [1.29, 1.82) is 0 Å². The van der Waals surface area contributed by atoms with Crippen molar-refractivity contribution >= 4 is 11.4 Å². The summed E-state index contributed by atoms with van der Waals surface area (Å²) >= 11 is 0. The lowest BCUT2D eigenvalue weighted by Gasteiger charge is -2.15. The van der Waals surface area contributed by atoms with Crippen LogP contribution in [0.25, 0.3) is 0 Å². The smallest absolute Gasteiger partial charge is 0.0622 e. The molecule has 0 amide bonds. The maximum Gasteiger partial charge on any atom is 0.0622 e. The zero-order valence-corrected chi connectivity index (χ0v) is 10.9. The van der Waals surface area contributed by atoms with Crippen LogP contribution < -0.4 is 5.43 Å². The summed E-state index contributed by atoms with van der Waals surface area (Å²) in [6.07, 6.45) is 7.35. The number of nitrogens with one attached hydrogen (secondary N) is 1. The van der Waals surface area contributed by atoms with Gasteiger partial charge in [0.05, 0.1) is 5.69 Å². The van der Waals surface area contributed by atoms with Gasteiger partial charge in [0.15, 0.2) is 0 Å². The number of hydrogen-bond acceptors (Lipinski definition) is 2. The Balaban J connectivity index is 2.12. The minimum absolute atomic E-state index is 1.05. The largest absolute Gasteiger partial charge is 0.278 e. The summed E-state index contributed by atoms with van der Waals surface area (Å²) in [4.78, 5) is 0. The van der Waals surface area contributed by atoms with Gasteiger partial charge in [-0.15, -0.1) is 0 Å². The van der Waals surface area contributed by atoms with Crippen LogP contribution in [-0.2, 0) is 6.42 Å². The lowest BCUT2D eigenvalue weighted by Crippen LogP contribution is -2.08. The average Bonchev–Trinajstić information content (AvgIpc) is 2.38. The lowest BCUT2D eigenvalue weighted by molar-refractivity contribution is 0.665. The van der Waals surface area contributed by atoms with Gasteiger partial charge in [0.2, 0.25) is 0 Å². The van der Waals surface area contributed by atoms with E-state index in [2.05, 4.69) is 42.6 Å². The fourth-order valence-corrected chi connectivity index (χ4v) is 2.39. The van der Waals surface area contributed by atoms with Crippen molar-refractivity contribution in [2.75, 3.05) is 5.43 Å². The quantitative estimate of drug-likeness (QED) is 0.770. The minimum atomic E-state index is 1.05. The number of hydrazone groups is 1. The standard InChI is InChI=1S/C15H22N2/c1-3-13-9-7-8-12(2)15(13)17-16-14-10-5-4-6-11-14/h7-9,17H,3-6,10-11H2,1-2H3. The summed E-state index contributed by atoms with van der Waals surface area (Å²) in [7, 11) is 0. The third-order valence-electron chi connectivity index (χ3n) is 3.50. The second-order valence-electron chi connectivity index (χ2n) is 4.81. The molecule has 1 aromatic rings. The van der Waals surface area contributed by atoms with E-state index in [1.165, 1.54) is 54.6 Å². The fraction of sp³-hybridized carbons (Fsp3) is 0.533. The van der Waals surface area contributed by atoms with Crippen molar-refractivity contribution in [3.8, 4) is 0 Å². The molecule has 0 atom stereocenters. The maximum atomic E-state index is 4.59. The molecule has 0 saturated heterocycles. The molecule has 2 nitrogen and oxygen atoms in total. The number of benzene rings is 1. The van der Waals surface area contributed by atoms with Crippen molar-refractivity contribution < 1.29 is 0 Å². The number of para-hydroxylation sites is 1. The summed E-state index contributed by atoms with van der Waals surface area (Å²) in [5, 5.41) is 4.59. The van der Waals surface area contributed by atoms with Gasteiger partial charge in [-0.25, -0.2) is 0 Å². The highest BCUT2D eigenvalue weighted by atomic mass is 15.3. The van der Waals surface area contributed by atoms with Gasteiger partial charge < -0.3 is 0 Å². The Labute approximate surface area is 104 Å². The van der Waals surface area contributed by atoms with Gasteiger partial charge in [-0.2, -0.15) is 5.10 Å². The minimum Gasteiger partial charge on any atom is -0.278 e. The van der Waals surface area contributed by atoms with Crippen molar-refractivity contribution in [2.24, 2.45) is 5.10 Å². The van der Waals surface area contributed by atoms with Crippen molar-refractivity contribution in [3.05, 3.63) is 29.3 Å². The van der Waals surface area contributed by atoms with Crippen LogP contribution in [-0.4, -0.2) is 5.71 Å². The first-order chi connectivity index (χ1) is 8.31. The van der Waals surface area contributed by atoms with E-state index in [-0.39, 0.29) is 0 Å². The van der Waals surface area contributed by atoms with Crippen LogP contribution in [0.15, 0.2) is 23.3 Å². The summed E-state index contributed by atoms with van der Waals surface area (Å²) in [6.45, 7) is 4.33. The molecule has 1 aromatic carbocycles. The third kappa shape index (κ3) is 3.09. The van der Waals surface area contributed by atoms with E-state index in [9.17, 15) is 0 Å². The zero-order valence-electron chi connectivity index (χ0n) is 10.9. The Morgan fingerprint density at radius 3 is 2.65 bits per heavy atom. The van der Waals surface area contributed by atoms with E-state index >= 15 is 0 Å². The van der Waals surface area contributed by atoms with Gasteiger partial charge in [0.25, 0.3) is 0 Å². The van der Waals surface area contributed by atoms with Crippen molar-refractivity contribution in [1.82, 2.24) is 0 Å². The Bertz CT molecular complexity index is 399. The predicted molar refractivity (Wildman–Crippen MR) is 74.7 cm³/mol. The molecule has 0 aromatic heterocycles. The highest BCUT2D eigenvalue weighted by molar-refractivity contribution is 5.85. The molecule has 2 rings (SSSR count). The zero-order chi connectivity index (χ0) is 12.1. The molecule has 1 saturated carbocycles. The van der Waals surface area contributed by atoms with E-state index in [4.69, 9.17) is 0 Å². The Kier molecular flexibility index (Phi) is 4.18. The molecule has 2 heteroatoms. The highest BCUT2D eigenvalue weighted by Crippen LogP contribution is 2.22. The molecule has 0 unspecified atom stereocenters. The normalized spacial score (nSPS) is 15.8. The van der Waals surface area contributed by atoms with Crippen LogP contribution in [0.3, 0.4) is 0 Å². The van der Waals surface area contributed by atoms with Gasteiger partial charge in [-0.05, 0) is 50.2 Å². The van der Waals surface area contributed by atoms with E-state index in [0.717, 1.165) is 6.42 Å². The number of nitrogens with zero attached hydrogens (tertiary/aromatic N) is 1. The second-order valence-corrected chi connectivity index (χ2v) is 4.81. The van der Waals surface area contributed by atoms with E-state index < -0.39 is 0 Å². The number of rotatable bonds is 3. The average molecular weight is 230 g/mol. The van der Waals surface area contributed by atoms with E-state index in [1.807, 2.05) is 0 Å². The predicted octanol–water partition coefficient (Wildman–Crippen LogP) is 4.29. The molecule has 0 radical (unpaired) electrons. The van der Waals surface area contributed by atoms with Crippen LogP contribution >= 0.6 is 0 Å². The SMILES string of the molecule is CCc1cccc(C)c1NN=C1CCCCC1. The van der Waals surface area contributed by atoms with Crippen LogP contribution in [0.2, 0.25) is 0 Å². The van der Waals surface area contributed by atoms with Crippen LogP contribution in [0.1, 0.15) is 50.2 Å². The molecule has 1 fully saturated rings. The van der Waals surface area contributed by atoms with Gasteiger partial charge in [-0.3, -0.25) is 5.43 Å². The van der Waals surface area contributed by atoms with Gasteiger partial charge in [0.1, 0.15) is 0 Å². The van der Waals surface area contributed by atoms with Crippen molar-refractivity contribution in [2.45, 2.75) is 52.4 Å². The monoisotopic (exact) mass is 230 g/mol. The topological polar surface area (TPSA) is 24.4 Å². The lowest BCUT2D eigenvalue weighted by atomic mass is 9.99. The number of anilines is 1. The molecule has 1 N–H and O–H groups in total. The first-order valence-corrected chi connectivity index (χ1v) is 6.71. The Hall–Kier alpha value is -1.31. The Morgan fingerprint density at radius 2 is 1.94 bits per heavy atom. The van der Waals surface area contributed by atoms with E-state index in [1.54, 1.807) is 0 Å². The first-order valence-electron chi connectivity index (χ1n) is 6.71. The van der Waals surface area contributed by atoms with Gasteiger partial charge >= 0.3 is 0 Å². The summed E-state index contributed by atoms with van der Waals surface area (Å²) in [5.41, 5.74) is 8.46. The Morgan fingerprint density at radius 1 is 1.18 bits per heavy atom.